The van der Waals surface area contributed by atoms with Crippen molar-refractivity contribution in [1.82, 2.24) is 10.6 Å². The first-order chi connectivity index (χ1) is 16.2. The second kappa shape index (κ2) is 10.6. The molecule has 1 fully saturated rings. The smallest absolute Gasteiger partial charge is 0.336 e. The lowest BCUT2D eigenvalue weighted by Gasteiger charge is -2.30. The third-order valence-corrected chi connectivity index (χ3v) is 5.85. The molecule has 0 aliphatic heterocycles. The topological polar surface area (TPSA) is 133 Å². The van der Waals surface area contributed by atoms with Gasteiger partial charge in [0.1, 0.15) is 0 Å². The number of aromatic carboxylic acids is 2. The fourth-order valence-electron chi connectivity index (χ4n) is 4.11. The Hall–Kier alpha value is -4.20. The summed E-state index contributed by atoms with van der Waals surface area (Å²) in [6.07, 6.45) is 5.54. The van der Waals surface area contributed by atoms with Crippen LogP contribution in [0.4, 0.5) is 0 Å². The van der Waals surface area contributed by atoms with Crippen LogP contribution >= 0.6 is 0 Å². The van der Waals surface area contributed by atoms with Crippen molar-refractivity contribution in [1.29, 1.82) is 0 Å². The highest BCUT2D eigenvalue weighted by Gasteiger charge is 2.27. The van der Waals surface area contributed by atoms with Crippen LogP contribution in [0.3, 0.4) is 0 Å². The Morgan fingerprint density at radius 1 is 0.735 bits per heavy atom. The van der Waals surface area contributed by atoms with E-state index in [9.17, 15) is 29.4 Å². The minimum atomic E-state index is -1.21. The fourth-order valence-corrected chi connectivity index (χ4v) is 4.11. The molecule has 176 valence electrons. The van der Waals surface area contributed by atoms with Crippen molar-refractivity contribution in [2.75, 3.05) is 0 Å². The van der Waals surface area contributed by atoms with E-state index in [0.717, 1.165) is 6.42 Å². The fraction of sp³-hybridized carbons (Fsp3) is 0.231. The van der Waals surface area contributed by atoms with Gasteiger partial charge in [-0.15, -0.1) is 0 Å². The molecule has 2 atom stereocenters. The van der Waals surface area contributed by atoms with Crippen molar-refractivity contribution >= 4 is 35.9 Å². The predicted octanol–water partition coefficient (Wildman–Crippen LogP) is 3.84. The molecule has 3 rings (SSSR count). The van der Waals surface area contributed by atoms with Gasteiger partial charge in [-0.05, 0) is 61.1 Å². The Balaban J connectivity index is 1.70. The van der Waals surface area contributed by atoms with Gasteiger partial charge in [0.2, 0.25) is 0 Å². The predicted molar refractivity (Wildman–Crippen MR) is 128 cm³/mol. The van der Waals surface area contributed by atoms with Gasteiger partial charge in [0.25, 0.3) is 11.8 Å². The van der Waals surface area contributed by atoms with Crippen molar-refractivity contribution < 1.29 is 29.4 Å². The van der Waals surface area contributed by atoms with E-state index in [4.69, 9.17) is 0 Å². The minimum absolute atomic E-state index is 0.0534. The highest BCUT2D eigenvalue weighted by atomic mass is 16.4. The lowest BCUT2D eigenvalue weighted by molar-refractivity contribution is 0.0682. The van der Waals surface area contributed by atoms with Crippen molar-refractivity contribution in [3.63, 3.8) is 0 Å². The monoisotopic (exact) mass is 462 g/mol. The van der Waals surface area contributed by atoms with Gasteiger partial charge in [0.15, 0.2) is 0 Å². The first-order valence-corrected chi connectivity index (χ1v) is 10.8. The molecule has 4 N–H and O–H groups in total. The Labute approximate surface area is 197 Å². The van der Waals surface area contributed by atoms with Crippen LogP contribution in [0.2, 0.25) is 0 Å². The Bertz CT molecular complexity index is 1080. The molecular formula is C26H26N2O6. The molecular weight excluding hydrogens is 436 g/mol. The largest absolute Gasteiger partial charge is 0.478 e. The van der Waals surface area contributed by atoms with Crippen molar-refractivity contribution in [3.8, 4) is 0 Å². The van der Waals surface area contributed by atoms with E-state index in [-0.39, 0.29) is 34.3 Å². The second-order valence-corrected chi connectivity index (χ2v) is 8.14. The van der Waals surface area contributed by atoms with E-state index in [1.165, 1.54) is 36.4 Å². The summed E-state index contributed by atoms with van der Waals surface area (Å²) in [7, 11) is 0. The molecule has 1 aliphatic rings. The van der Waals surface area contributed by atoms with Crippen molar-refractivity contribution in [2.24, 2.45) is 0 Å². The summed E-state index contributed by atoms with van der Waals surface area (Å²) in [5, 5.41) is 24.7. The van der Waals surface area contributed by atoms with Gasteiger partial charge < -0.3 is 20.8 Å². The van der Waals surface area contributed by atoms with Crippen LogP contribution in [0.25, 0.3) is 12.2 Å². The molecule has 2 unspecified atom stereocenters. The molecule has 8 heteroatoms. The number of nitrogens with one attached hydrogen (secondary N) is 2. The first kappa shape index (κ1) is 24.4. The standard InChI is InChI=1S/C26H26N2O6/c1-3-15-8-10-19(21(12-15)25(31)32)23(29)27-17-6-5-7-18(14-17)28-24(30)20-11-9-16(4-2)13-22(20)26(33)34/h3-4,8-13,17-18H,1-2,5-7,14H2,(H,27,29)(H,28,30)(H,31,32)(H,33,34). The Morgan fingerprint density at radius 2 is 1.15 bits per heavy atom. The molecule has 0 aromatic heterocycles. The van der Waals surface area contributed by atoms with E-state index >= 15 is 0 Å². The second-order valence-electron chi connectivity index (χ2n) is 8.14. The molecule has 0 spiro atoms. The average Bonchev–Trinajstić information content (AvgIpc) is 2.83. The molecule has 34 heavy (non-hydrogen) atoms. The summed E-state index contributed by atoms with van der Waals surface area (Å²) < 4.78 is 0. The van der Waals surface area contributed by atoms with Gasteiger partial charge in [0.05, 0.1) is 22.3 Å². The summed E-state index contributed by atoms with van der Waals surface area (Å²) in [6.45, 7) is 7.22. The number of hydrogen-bond donors (Lipinski definition) is 4. The molecule has 0 saturated heterocycles. The number of amides is 2. The van der Waals surface area contributed by atoms with Crippen LogP contribution in [-0.4, -0.2) is 46.0 Å². The van der Waals surface area contributed by atoms with Crippen LogP contribution in [0, 0.1) is 0 Å². The summed E-state index contributed by atoms with van der Waals surface area (Å²) >= 11 is 0. The molecule has 0 heterocycles. The number of rotatable bonds is 8. The number of carbonyl (C=O) groups excluding carboxylic acids is 2. The van der Waals surface area contributed by atoms with Crippen molar-refractivity contribution in [2.45, 2.75) is 37.8 Å². The van der Waals surface area contributed by atoms with Crippen LogP contribution < -0.4 is 10.6 Å². The van der Waals surface area contributed by atoms with Gasteiger partial charge in [0, 0.05) is 12.1 Å². The molecule has 2 amide bonds. The Kier molecular flexibility index (Phi) is 7.63. The zero-order chi connectivity index (χ0) is 24.8. The molecule has 1 saturated carbocycles. The summed E-state index contributed by atoms with van der Waals surface area (Å²) in [5.41, 5.74) is 1.07. The van der Waals surface area contributed by atoms with Crippen LogP contribution in [-0.2, 0) is 0 Å². The number of hydrogen-bond acceptors (Lipinski definition) is 4. The lowest BCUT2D eigenvalue weighted by atomic mass is 9.90. The van der Waals surface area contributed by atoms with E-state index < -0.39 is 23.8 Å². The maximum absolute atomic E-state index is 12.8. The zero-order valence-electron chi connectivity index (χ0n) is 18.5. The van der Waals surface area contributed by atoms with Gasteiger partial charge in [-0.1, -0.05) is 37.4 Å². The number of carboxylic acids is 2. The van der Waals surface area contributed by atoms with Gasteiger partial charge in [-0.3, -0.25) is 9.59 Å². The van der Waals surface area contributed by atoms with E-state index in [2.05, 4.69) is 23.8 Å². The van der Waals surface area contributed by atoms with Gasteiger partial charge >= 0.3 is 11.9 Å². The first-order valence-electron chi connectivity index (χ1n) is 10.8. The van der Waals surface area contributed by atoms with Crippen LogP contribution in [0.15, 0.2) is 49.6 Å². The maximum atomic E-state index is 12.8. The number of carbonyl (C=O) groups is 4. The lowest BCUT2D eigenvalue weighted by Crippen LogP contribution is -2.46. The third kappa shape index (κ3) is 5.58. The van der Waals surface area contributed by atoms with Crippen LogP contribution in [0.5, 0.6) is 0 Å². The summed E-state index contributed by atoms with van der Waals surface area (Å²) in [6, 6.07) is 8.41. The van der Waals surface area contributed by atoms with E-state index in [1.807, 2.05) is 0 Å². The summed E-state index contributed by atoms with van der Waals surface area (Å²) in [4.78, 5) is 48.8. The summed E-state index contributed by atoms with van der Waals surface area (Å²) in [5.74, 6) is -3.42. The van der Waals surface area contributed by atoms with E-state index in [0.29, 0.717) is 30.4 Å². The zero-order valence-corrected chi connectivity index (χ0v) is 18.5. The minimum Gasteiger partial charge on any atom is -0.478 e. The highest BCUT2D eigenvalue weighted by molar-refractivity contribution is 6.06. The maximum Gasteiger partial charge on any atom is 0.336 e. The molecule has 2 aromatic carbocycles. The molecule has 0 radical (unpaired) electrons. The molecule has 1 aliphatic carbocycles. The van der Waals surface area contributed by atoms with Gasteiger partial charge in [-0.25, -0.2) is 9.59 Å². The Morgan fingerprint density at radius 3 is 1.50 bits per heavy atom. The average molecular weight is 463 g/mol. The van der Waals surface area contributed by atoms with E-state index in [1.54, 1.807) is 12.1 Å². The number of benzene rings is 2. The SMILES string of the molecule is C=Cc1ccc(C(=O)NC2CCCC(NC(=O)c3ccc(C=C)cc3C(=O)O)C2)c(C(=O)O)c1. The molecule has 2 aromatic rings. The van der Waals surface area contributed by atoms with Crippen LogP contribution in [0.1, 0.15) is 78.2 Å². The third-order valence-electron chi connectivity index (χ3n) is 5.85. The van der Waals surface area contributed by atoms with Gasteiger partial charge in [-0.2, -0.15) is 0 Å². The highest BCUT2D eigenvalue weighted by Crippen LogP contribution is 2.22. The molecule has 0 bridgehead atoms. The van der Waals surface area contributed by atoms with Crippen molar-refractivity contribution in [3.05, 3.63) is 82.9 Å². The molecule has 8 nitrogen and oxygen atoms in total. The quantitative estimate of drug-likeness (QED) is 0.471. The number of carboxylic acid groups (broad SMARTS) is 2. The normalized spacial score (nSPS) is 17.3.